The standard InChI is InChI=1S/C19H17F2NO4/c1-2-25-15-7-3-13(4-8-15)5-10-19(24)26-12-18(23)22-14-6-9-16(20)17(21)11-14/h3-11H,2,12H2,1H3,(H,22,23)/b10-5+. The maximum absolute atomic E-state index is 13.0. The van der Waals surface area contributed by atoms with Crippen LogP contribution < -0.4 is 10.1 Å². The highest BCUT2D eigenvalue weighted by molar-refractivity contribution is 5.94. The normalized spacial score (nSPS) is 10.6. The fourth-order valence-electron chi connectivity index (χ4n) is 1.96. The van der Waals surface area contributed by atoms with E-state index in [1.807, 2.05) is 6.92 Å². The highest BCUT2D eigenvalue weighted by atomic mass is 19.2. The van der Waals surface area contributed by atoms with Crippen molar-refractivity contribution < 1.29 is 27.8 Å². The van der Waals surface area contributed by atoms with Crippen LogP contribution in [0.4, 0.5) is 14.5 Å². The van der Waals surface area contributed by atoms with Crippen molar-refractivity contribution in [3.63, 3.8) is 0 Å². The number of halogens is 2. The molecule has 0 heterocycles. The number of benzene rings is 2. The molecule has 0 spiro atoms. The van der Waals surface area contributed by atoms with Crippen LogP contribution >= 0.6 is 0 Å². The molecule has 0 unspecified atom stereocenters. The second kappa shape index (κ2) is 9.31. The summed E-state index contributed by atoms with van der Waals surface area (Å²) >= 11 is 0. The lowest BCUT2D eigenvalue weighted by molar-refractivity contribution is -0.142. The maximum atomic E-state index is 13.0. The fourth-order valence-corrected chi connectivity index (χ4v) is 1.96. The number of carbonyl (C=O) groups is 2. The van der Waals surface area contributed by atoms with Gasteiger partial charge in [-0.25, -0.2) is 13.6 Å². The van der Waals surface area contributed by atoms with Gasteiger partial charge in [0.15, 0.2) is 18.2 Å². The molecule has 0 saturated heterocycles. The average Bonchev–Trinajstić information content (AvgIpc) is 2.63. The van der Waals surface area contributed by atoms with Crippen LogP contribution in [-0.2, 0) is 14.3 Å². The lowest BCUT2D eigenvalue weighted by Gasteiger charge is -2.05. The second-order valence-electron chi connectivity index (χ2n) is 5.12. The van der Waals surface area contributed by atoms with Crippen molar-refractivity contribution in [1.29, 1.82) is 0 Å². The Morgan fingerprint density at radius 3 is 2.46 bits per heavy atom. The molecule has 0 aliphatic carbocycles. The second-order valence-corrected chi connectivity index (χ2v) is 5.12. The first-order valence-electron chi connectivity index (χ1n) is 7.80. The van der Waals surface area contributed by atoms with Gasteiger partial charge in [-0.05, 0) is 42.8 Å². The Labute approximate surface area is 149 Å². The molecule has 1 amide bonds. The van der Waals surface area contributed by atoms with Gasteiger partial charge in [0.1, 0.15) is 5.75 Å². The van der Waals surface area contributed by atoms with E-state index >= 15 is 0 Å². The van der Waals surface area contributed by atoms with Crippen molar-refractivity contribution in [2.75, 3.05) is 18.5 Å². The Morgan fingerprint density at radius 1 is 1.08 bits per heavy atom. The Balaban J connectivity index is 1.80. The molecular weight excluding hydrogens is 344 g/mol. The van der Waals surface area contributed by atoms with Crippen LogP contribution in [0.5, 0.6) is 5.75 Å². The minimum atomic E-state index is -1.09. The molecule has 136 valence electrons. The SMILES string of the molecule is CCOc1ccc(/C=C/C(=O)OCC(=O)Nc2ccc(F)c(F)c2)cc1. The van der Waals surface area contributed by atoms with Crippen molar-refractivity contribution in [2.24, 2.45) is 0 Å². The number of ether oxygens (including phenoxy) is 2. The van der Waals surface area contributed by atoms with Gasteiger partial charge in [-0.3, -0.25) is 4.79 Å². The summed E-state index contributed by atoms with van der Waals surface area (Å²) in [6.45, 7) is 1.89. The number of rotatable bonds is 7. The molecule has 0 aliphatic heterocycles. The molecule has 1 N–H and O–H groups in total. The molecule has 0 atom stereocenters. The number of anilines is 1. The van der Waals surface area contributed by atoms with Crippen molar-refractivity contribution in [3.05, 3.63) is 65.7 Å². The van der Waals surface area contributed by atoms with Crippen LogP contribution in [0, 0.1) is 11.6 Å². The molecule has 5 nitrogen and oxygen atoms in total. The predicted molar refractivity (Wildman–Crippen MR) is 92.6 cm³/mol. The van der Waals surface area contributed by atoms with E-state index in [0.29, 0.717) is 6.61 Å². The van der Waals surface area contributed by atoms with E-state index < -0.39 is 30.1 Å². The molecule has 7 heteroatoms. The van der Waals surface area contributed by atoms with E-state index in [4.69, 9.17) is 9.47 Å². The van der Waals surface area contributed by atoms with E-state index in [1.165, 1.54) is 18.2 Å². The lowest BCUT2D eigenvalue weighted by Crippen LogP contribution is -2.20. The quantitative estimate of drug-likeness (QED) is 0.605. The summed E-state index contributed by atoms with van der Waals surface area (Å²) in [5.74, 6) is -2.76. The number of carbonyl (C=O) groups excluding carboxylic acids is 2. The molecule has 2 rings (SSSR count). The van der Waals surface area contributed by atoms with Gasteiger partial charge in [0.25, 0.3) is 5.91 Å². The lowest BCUT2D eigenvalue weighted by atomic mass is 10.2. The summed E-state index contributed by atoms with van der Waals surface area (Å²) in [4.78, 5) is 23.3. The zero-order chi connectivity index (χ0) is 18.9. The summed E-state index contributed by atoms with van der Waals surface area (Å²) in [7, 11) is 0. The number of nitrogens with one attached hydrogen (secondary N) is 1. The summed E-state index contributed by atoms with van der Waals surface area (Å²) in [6, 6.07) is 9.99. The van der Waals surface area contributed by atoms with E-state index in [-0.39, 0.29) is 5.69 Å². The third-order valence-corrected chi connectivity index (χ3v) is 3.15. The maximum Gasteiger partial charge on any atom is 0.331 e. The van der Waals surface area contributed by atoms with Crippen LogP contribution in [0.1, 0.15) is 12.5 Å². The van der Waals surface area contributed by atoms with Gasteiger partial charge >= 0.3 is 5.97 Å². The molecule has 0 saturated carbocycles. The number of amides is 1. The third-order valence-electron chi connectivity index (χ3n) is 3.15. The predicted octanol–water partition coefficient (Wildman–Crippen LogP) is 3.56. The summed E-state index contributed by atoms with van der Waals surface area (Å²) in [5.41, 5.74) is 0.825. The van der Waals surface area contributed by atoms with E-state index in [2.05, 4.69) is 5.32 Å². The Morgan fingerprint density at radius 2 is 1.81 bits per heavy atom. The van der Waals surface area contributed by atoms with Crippen LogP contribution in [0.25, 0.3) is 6.08 Å². The van der Waals surface area contributed by atoms with E-state index in [9.17, 15) is 18.4 Å². The van der Waals surface area contributed by atoms with Crippen molar-refractivity contribution in [2.45, 2.75) is 6.92 Å². The smallest absolute Gasteiger partial charge is 0.331 e. The fraction of sp³-hybridized carbons (Fsp3) is 0.158. The van der Waals surface area contributed by atoms with Gasteiger partial charge in [0.2, 0.25) is 0 Å². The van der Waals surface area contributed by atoms with Crippen LogP contribution in [0.2, 0.25) is 0 Å². The average molecular weight is 361 g/mol. The molecule has 0 radical (unpaired) electrons. The first kappa shape index (κ1) is 19.1. The summed E-state index contributed by atoms with van der Waals surface area (Å²) in [6.07, 6.45) is 2.71. The van der Waals surface area contributed by atoms with Crippen molar-refractivity contribution >= 4 is 23.6 Å². The third kappa shape index (κ3) is 6.01. The highest BCUT2D eigenvalue weighted by Crippen LogP contribution is 2.14. The summed E-state index contributed by atoms with van der Waals surface area (Å²) < 4.78 is 35.9. The monoisotopic (exact) mass is 361 g/mol. The van der Waals surface area contributed by atoms with E-state index in [1.54, 1.807) is 24.3 Å². The summed E-state index contributed by atoms with van der Waals surface area (Å²) in [5, 5.41) is 2.30. The number of hydrogen-bond donors (Lipinski definition) is 1. The topological polar surface area (TPSA) is 64.6 Å². The molecule has 26 heavy (non-hydrogen) atoms. The van der Waals surface area contributed by atoms with Crippen LogP contribution in [-0.4, -0.2) is 25.1 Å². The van der Waals surface area contributed by atoms with Gasteiger partial charge in [-0.15, -0.1) is 0 Å². The molecule has 0 aliphatic rings. The zero-order valence-corrected chi connectivity index (χ0v) is 14.0. The van der Waals surface area contributed by atoms with Gasteiger partial charge in [-0.1, -0.05) is 12.1 Å². The molecular formula is C19H17F2NO4. The van der Waals surface area contributed by atoms with Gasteiger partial charge in [-0.2, -0.15) is 0 Å². The van der Waals surface area contributed by atoms with Gasteiger partial charge in [0, 0.05) is 17.8 Å². The minimum Gasteiger partial charge on any atom is -0.494 e. The number of esters is 1. The van der Waals surface area contributed by atoms with Gasteiger partial charge in [0.05, 0.1) is 6.61 Å². The first-order valence-corrected chi connectivity index (χ1v) is 7.80. The van der Waals surface area contributed by atoms with Crippen LogP contribution in [0.3, 0.4) is 0 Å². The highest BCUT2D eigenvalue weighted by Gasteiger charge is 2.08. The molecule has 2 aromatic rings. The van der Waals surface area contributed by atoms with Crippen molar-refractivity contribution in [3.8, 4) is 5.75 Å². The molecule has 0 bridgehead atoms. The van der Waals surface area contributed by atoms with Gasteiger partial charge < -0.3 is 14.8 Å². The largest absolute Gasteiger partial charge is 0.494 e. The first-order chi connectivity index (χ1) is 12.5. The Kier molecular flexibility index (Phi) is 6.84. The Hall–Kier alpha value is -3.22. The molecule has 0 fully saturated rings. The minimum absolute atomic E-state index is 0.0647. The molecule has 2 aromatic carbocycles. The zero-order valence-electron chi connectivity index (χ0n) is 14.0. The number of hydrogen-bond acceptors (Lipinski definition) is 4. The van der Waals surface area contributed by atoms with Crippen molar-refractivity contribution in [1.82, 2.24) is 0 Å². The Bertz CT molecular complexity index is 804. The van der Waals surface area contributed by atoms with E-state index in [0.717, 1.165) is 23.4 Å². The molecule has 0 aromatic heterocycles. The van der Waals surface area contributed by atoms with Crippen LogP contribution in [0.15, 0.2) is 48.5 Å².